The van der Waals surface area contributed by atoms with Crippen LogP contribution >= 0.6 is 15.9 Å². The van der Waals surface area contributed by atoms with Gasteiger partial charge in [-0.1, -0.05) is 0 Å². The number of nitrogens with one attached hydrogen (secondary N) is 1. The Labute approximate surface area is 109 Å². The normalized spacial score (nSPS) is 25.0. The lowest BCUT2D eigenvalue weighted by Crippen LogP contribution is -2.35. The summed E-state index contributed by atoms with van der Waals surface area (Å²) < 4.78 is 25.5. The third-order valence-corrected chi connectivity index (χ3v) is 5.56. The number of rotatable bonds is 3. The van der Waals surface area contributed by atoms with E-state index in [4.69, 9.17) is 5.84 Å². The summed E-state index contributed by atoms with van der Waals surface area (Å²) in [6.07, 6.45) is 2.32. The van der Waals surface area contributed by atoms with Crippen LogP contribution in [0.5, 0.6) is 0 Å². The summed E-state index contributed by atoms with van der Waals surface area (Å²) in [7, 11) is -1.09. The van der Waals surface area contributed by atoms with E-state index in [2.05, 4.69) is 26.5 Å². The molecule has 1 aliphatic rings. The summed E-state index contributed by atoms with van der Waals surface area (Å²) in [4.78, 5) is 0. The molecular weight excluding hydrogens is 308 g/mol. The molecule has 1 fully saturated rings. The van der Waals surface area contributed by atoms with Gasteiger partial charge in [0.2, 0.25) is 0 Å². The van der Waals surface area contributed by atoms with Crippen molar-refractivity contribution in [3.63, 3.8) is 0 Å². The van der Waals surface area contributed by atoms with Gasteiger partial charge in [0.15, 0.2) is 9.84 Å². The van der Waals surface area contributed by atoms with Crippen LogP contribution in [0.15, 0.2) is 10.7 Å². The smallest absolute Gasteiger partial charge is 0.150 e. The maximum Gasteiger partial charge on any atom is 0.150 e. The van der Waals surface area contributed by atoms with Crippen molar-refractivity contribution in [2.75, 3.05) is 11.5 Å². The fourth-order valence-electron chi connectivity index (χ4n) is 2.29. The van der Waals surface area contributed by atoms with Gasteiger partial charge in [-0.15, -0.1) is 0 Å². The van der Waals surface area contributed by atoms with Crippen molar-refractivity contribution in [2.45, 2.75) is 12.5 Å². The van der Waals surface area contributed by atoms with Gasteiger partial charge < -0.3 is 0 Å². The van der Waals surface area contributed by atoms with E-state index in [1.165, 1.54) is 0 Å². The van der Waals surface area contributed by atoms with Gasteiger partial charge >= 0.3 is 0 Å². The summed E-state index contributed by atoms with van der Waals surface area (Å²) >= 11 is 3.41. The van der Waals surface area contributed by atoms with Crippen molar-refractivity contribution in [3.8, 4) is 0 Å². The second-order valence-electron chi connectivity index (χ2n) is 4.31. The molecule has 17 heavy (non-hydrogen) atoms. The van der Waals surface area contributed by atoms with Crippen LogP contribution in [0, 0.1) is 5.92 Å². The molecule has 0 aliphatic carbocycles. The monoisotopic (exact) mass is 322 g/mol. The predicted molar refractivity (Wildman–Crippen MR) is 67.7 cm³/mol. The highest BCUT2D eigenvalue weighted by atomic mass is 79.9. The number of hydrogen-bond donors (Lipinski definition) is 2. The van der Waals surface area contributed by atoms with Gasteiger partial charge in [-0.05, 0) is 28.3 Å². The van der Waals surface area contributed by atoms with Gasteiger partial charge in [0.1, 0.15) is 0 Å². The van der Waals surface area contributed by atoms with E-state index in [-0.39, 0.29) is 23.5 Å². The van der Waals surface area contributed by atoms with Gasteiger partial charge in [0, 0.05) is 7.05 Å². The van der Waals surface area contributed by atoms with Gasteiger partial charge in [-0.2, -0.15) is 5.10 Å². The highest BCUT2D eigenvalue weighted by Crippen LogP contribution is 2.33. The average molecular weight is 323 g/mol. The van der Waals surface area contributed by atoms with Crippen molar-refractivity contribution >= 4 is 25.8 Å². The van der Waals surface area contributed by atoms with E-state index in [9.17, 15) is 8.42 Å². The Kier molecular flexibility index (Phi) is 3.58. The number of halogens is 1. The molecule has 6 nitrogen and oxygen atoms in total. The van der Waals surface area contributed by atoms with E-state index < -0.39 is 9.84 Å². The summed E-state index contributed by atoms with van der Waals surface area (Å²) in [5.74, 6) is 5.98. The van der Waals surface area contributed by atoms with Gasteiger partial charge in [0.05, 0.1) is 33.9 Å². The molecule has 8 heteroatoms. The first-order valence-corrected chi connectivity index (χ1v) is 7.90. The Bertz CT molecular complexity index is 494. The third-order valence-electron chi connectivity index (χ3n) is 3.15. The molecule has 0 bridgehead atoms. The number of hydrogen-bond acceptors (Lipinski definition) is 5. The molecule has 2 rings (SSSR count). The molecular formula is C9H15BrN4O2S. The van der Waals surface area contributed by atoms with Crippen LogP contribution in [0.3, 0.4) is 0 Å². The second-order valence-corrected chi connectivity index (χ2v) is 7.39. The highest BCUT2D eigenvalue weighted by molar-refractivity contribution is 9.10. The Morgan fingerprint density at radius 2 is 2.41 bits per heavy atom. The molecule has 3 N–H and O–H groups in total. The van der Waals surface area contributed by atoms with E-state index in [0.717, 1.165) is 10.2 Å². The molecule has 0 radical (unpaired) electrons. The predicted octanol–water partition coefficient (Wildman–Crippen LogP) is 0.122. The van der Waals surface area contributed by atoms with E-state index in [0.29, 0.717) is 6.42 Å². The standard InChI is InChI=1S/C9H15BrN4O2S/c1-14-9(7(10)4-12-14)8(13-11)6-2-3-17(15,16)5-6/h4,6,8,13H,2-3,5,11H2,1H3. The molecule has 1 aromatic rings. The van der Waals surface area contributed by atoms with Gasteiger partial charge in [0.25, 0.3) is 0 Å². The Hall–Kier alpha value is -0.440. The summed E-state index contributed by atoms with van der Waals surface area (Å²) in [5, 5.41) is 4.12. The van der Waals surface area contributed by atoms with Crippen molar-refractivity contribution in [3.05, 3.63) is 16.4 Å². The zero-order valence-corrected chi connectivity index (χ0v) is 11.8. The minimum atomic E-state index is -2.91. The van der Waals surface area contributed by atoms with Gasteiger partial charge in [-0.3, -0.25) is 16.0 Å². The lowest BCUT2D eigenvalue weighted by Gasteiger charge is -2.22. The molecule has 2 heterocycles. The number of aryl methyl sites for hydroxylation is 1. The maximum atomic E-state index is 11.5. The average Bonchev–Trinajstić information content (AvgIpc) is 2.76. The fourth-order valence-corrected chi connectivity index (χ4v) is 4.73. The van der Waals surface area contributed by atoms with E-state index >= 15 is 0 Å². The van der Waals surface area contributed by atoms with Crippen LogP contribution in [-0.4, -0.2) is 29.7 Å². The minimum Gasteiger partial charge on any atom is -0.271 e. The third kappa shape index (κ3) is 2.54. The fraction of sp³-hybridized carbons (Fsp3) is 0.667. The molecule has 1 saturated heterocycles. The molecule has 1 aromatic heterocycles. The van der Waals surface area contributed by atoms with Crippen molar-refractivity contribution < 1.29 is 8.42 Å². The quantitative estimate of drug-likeness (QED) is 0.609. The van der Waals surface area contributed by atoms with Crippen molar-refractivity contribution in [1.29, 1.82) is 0 Å². The lowest BCUT2D eigenvalue weighted by atomic mass is 9.97. The van der Waals surface area contributed by atoms with Crippen molar-refractivity contribution in [2.24, 2.45) is 18.8 Å². The Balaban J connectivity index is 2.29. The van der Waals surface area contributed by atoms with Gasteiger partial charge in [-0.25, -0.2) is 8.42 Å². The second kappa shape index (κ2) is 4.68. The SMILES string of the molecule is Cn1ncc(Br)c1C(NN)C1CCS(=O)(=O)C1. The maximum absolute atomic E-state index is 11.5. The number of hydrazine groups is 1. The number of nitrogens with zero attached hydrogens (tertiary/aromatic N) is 2. The number of sulfone groups is 1. The first-order valence-electron chi connectivity index (χ1n) is 5.28. The Morgan fingerprint density at radius 3 is 2.82 bits per heavy atom. The molecule has 1 aliphatic heterocycles. The van der Waals surface area contributed by atoms with Crippen LogP contribution in [-0.2, 0) is 16.9 Å². The number of nitrogens with two attached hydrogens (primary N) is 1. The Morgan fingerprint density at radius 1 is 1.71 bits per heavy atom. The first kappa shape index (κ1) is 13.0. The van der Waals surface area contributed by atoms with Crippen LogP contribution < -0.4 is 11.3 Å². The van der Waals surface area contributed by atoms with Crippen LogP contribution in [0.2, 0.25) is 0 Å². The van der Waals surface area contributed by atoms with E-state index in [1.54, 1.807) is 10.9 Å². The molecule has 0 aromatic carbocycles. The molecule has 0 spiro atoms. The largest absolute Gasteiger partial charge is 0.271 e. The van der Waals surface area contributed by atoms with Crippen molar-refractivity contribution in [1.82, 2.24) is 15.2 Å². The van der Waals surface area contributed by atoms with E-state index in [1.807, 2.05) is 7.05 Å². The van der Waals surface area contributed by atoms with Crippen LogP contribution in [0.4, 0.5) is 0 Å². The topological polar surface area (TPSA) is 90.0 Å². The lowest BCUT2D eigenvalue weighted by molar-refractivity contribution is 0.377. The zero-order chi connectivity index (χ0) is 12.6. The summed E-state index contributed by atoms with van der Waals surface area (Å²) in [6, 6.07) is -0.200. The minimum absolute atomic E-state index is 0.00306. The highest BCUT2D eigenvalue weighted by Gasteiger charge is 2.36. The van der Waals surface area contributed by atoms with Crippen LogP contribution in [0.25, 0.3) is 0 Å². The molecule has 2 atom stereocenters. The van der Waals surface area contributed by atoms with Crippen LogP contribution in [0.1, 0.15) is 18.2 Å². The molecule has 2 unspecified atom stereocenters. The molecule has 0 amide bonds. The molecule has 96 valence electrons. The molecule has 0 saturated carbocycles. The summed E-state index contributed by atoms with van der Waals surface area (Å²) in [6.45, 7) is 0. The first-order chi connectivity index (χ1) is 7.94. The summed E-state index contributed by atoms with van der Waals surface area (Å²) in [5.41, 5.74) is 3.59. The number of aromatic nitrogens is 2. The zero-order valence-electron chi connectivity index (χ0n) is 9.43.